The highest BCUT2D eigenvalue weighted by molar-refractivity contribution is 5.88. The number of benzene rings is 2. The van der Waals surface area contributed by atoms with E-state index in [0.717, 1.165) is 5.75 Å². The molecular weight excluding hydrogens is 280 g/mol. The van der Waals surface area contributed by atoms with Gasteiger partial charge in [0.15, 0.2) is 0 Å². The molecule has 2 aromatic rings. The molecule has 0 heterocycles. The SMILES string of the molecule is C/C(=C(\C)c1ccc(OC(C)(C)C)cc1)c1ccccc1.CC. The van der Waals surface area contributed by atoms with E-state index >= 15 is 0 Å². The van der Waals surface area contributed by atoms with Crippen molar-refractivity contribution in [2.75, 3.05) is 0 Å². The molecule has 0 spiro atoms. The Bertz CT molecular complexity index is 613. The first-order valence-electron chi connectivity index (χ1n) is 8.39. The first-order valence-corrected chi connectivity index (χ1v) is 8.39. The molecular formula is C22H30O. The molecule has 0 aliphatic rings. The van der Waals surface area contributed by atoms with E-state index in [-0.39, 0.29) is 5.60 Å². The van der Waals surface area contributed by atoms with Gasteiger partial charge in [0.2, 0.25) is 0 Å². The Morgan fingerprint density at radius 3 is 1.57 bits per heavy atom. The molecule has 1 nitrogen and oxygen atoms in total. The van der Waals surface area contributed by atoms with Crippen molar-refractivity contribution in [3.8, 4) is 5.75 Å². The minimum atomic E-state index is -0.160. The summed E-state index contributed by atoms with van der Waals surface area (Å²) in [6.07, 6.45) is 0. The summed E-state index contributed by atoms with van der Waals surface area (Å²) in [7, 11) is 0. The number of ether oxygens (including phenoxy) is 1. The number of hydrogen-bond acceptors (Lipinski definition) is 1. The Morgan fingerprint density at radius 1 is 0.696 bits per heavy atom. The maximum atomic E-state index is 5.87. The van der Waals surface area contributed by atoms with Crippen molar-refractivity contribution < 1.29 is 4.74 Å². The lowest BCUT2D eigenvalue weighted by molar-refractivity contribution is 0.131. The third-order valence-corrected chi connectivity index (χ3v) is 3.48. The van der Waals surface area contributed by atoms with Crippen LogP contribution in [0.3, 0.4) is 0 Å². The van der Waals surface area contributed by atoms with E-state index in [1.807, 2.05) is 32.0 Å². The van der Waals surface area contributed by atoms with Gasteiger partial charge in [-0.3, -0.25) is 0 Å². The average Bonchev–Trinajstić information content (AvgIpc) is 2.55. The summed E-state index contributed by atoms with van der Waals surface area (Å²) in [4.78, 5) is 0. The Kier molecular flexibility index (Phi) is 7.09. The molecule has 124 valence electrons. The zero-order valence-electron chi connectivity index (χ0n) is 15.6. The van der Waals surface area contributed by atoms with Gasteiger partial charge in [-0.2, -0.15) is 0 Å². The third kappa shape index (κ3) is 5.94. The Balaban J connectivity index is 0.00000127. The van der Waals surface area contributed by atoms with Gasteiger partial charge in [-0.1, -0.05) is 56.3 Å². The molecule has 0 aliphatic carbocycles. The summed E-state index contributed by atoms with van der Waals surface area (Å²) in [5.74, 6) is 0.913. The second kappa shape index (κ2) is 8.57. The van der Waals surface area contributed by atoms with Crippen LogP contribution in [0.15, 0.2) is 54.6 Å². The van der Waals surface area contributed by atoms with Crippen molar-refractivity contribution in [3.05, 3.63) is 65.7 Å². The molecule has 2 aromatic carbocycles. The molecule has 0 saturated carbocycles. The molecule has 0 N–H and O–H groups in total. The van der Waals surface area contributed by atoms with Gasteiger partial charge in [0.1, 0.15) is 11.4 Å². The van der Waals surface area contributed by atoms with Gasteiger partial charge in [0.05, 0.1) is 0 Å². The van der Waals surface area contributed by atoms with Gasteiger partial charge >= 0.3 is 0 Å². The predicted octanol–water partition coefficient (Wildman–Crippen LogP) is 6.84. The first kappa shape index (κ1) is 19.0. The molecule has 2 rings (SSSR count). The summed E-state index contributed by atoms with van der Waals surface area (Å²) in [6, 6.07) is 18.8. The van der Waals surface area contributed by atoms with Crippen molar-refractivity contribution >= 4 is 11.1 Å². The average molecular weight is 310 g/mol. The third-order valence-electron chi connectivity index (χ3n) is 3.48. The van der Waals surface area contributed by atoms with Crippen molar-refractivity contribution in [2.45, 2.75) is 54.1 Å². The van der Waals surface area contributed by atoms with Crippen LogP contribution in [-0.2, 0) is 0 Å². The Labute approximate surface area is 142 Å². The molecule has 0 fully saturated rings. The highest BCUT2D eigenvalue weighted by Gasteiger charge is 2.11. The van der Waals surface area contributed by atoms with Crippen LogP contribution in [0.2, 0.25) is 0 Å². The van der Waals surface area contributed by atoms with Gasteiger partial charge in [-0.05, 0) is 69.0 Å². The summed E-state index contributed by atoms with van der Waals surface area (Å²) in [5.41, 5.74) is 4.94. The predicted molar refractivity (Wildman–Crippen MR) is 103 cm³/mol. The van der Waals surface area contributed by atoms with E-state index in [1.54, 1.807) is 0 Å². The van der Waals surface area contributed by atoms with Gasteiger partial charge in [0.25, 0.3) is 0 Å². The maximum Gasteiger partial charge on any atom is 0.120 e. The van der Waals surface area contributed by atoms with E-state index in [1.165, 1.54) is 22.3 Å². The van der Waals surface area contributed by atoms with Gasteiger partial charge in [-0.25, -0.2) is 0 Å². The lowest BCUT2D eigenvalue weighted by atomic mass is 9.97. The fourth-order valence-electron chi connectivity index (χ4n) is 2.25. The van der Waals surface area contributed by atoms with Crippen molar-refractivity contribution in [1.82, 2.24) is 0 Å². The lowest BCUT2D eigenvalue weighted by Crippen LogP contribution is -2.22. The topological polar surface area (TPSA) is 9.23 Å². The first-order chi connectivity index (χ1) is 10.9. The van der Waals surface area contributed by atoms with E-state index in [2.05, 4.69) is 71.0 Å². The van der Waals surface area contributed by atoms with Crippen LogP contribution in [-0.4, -0.2) is 5.60 Å². The van der Waals surface area contributed by atoms with Crippen LogP contribution in [0.4, 0.5) is 0 Å². The van der Waals surface area contributed by atoms with Crippen molar-refractivity contribution in [2.24, 2.45) is 0 Å². The van der Waals surface area contributed by atoms with Crippen LogP contribution in [0, 0.1) is 0 Å². The number of hydrogen-bond donors (Lipinski definition) is 0. The molecule has 0 unspecified atom stereocenters. The molecule has 23 heavy (non-hydrogen) atoms. The Hall–Kier alpha value is -2.02. The second-order valence-corrected chi connectivity index (χ2v) is 6.35. The number of allylic oxidation sites excluding steroid dienone is 2. The quantitative estimate of drug-likeness (QED) is 0.564. The largest absolute Gasteiger partial charge is 0.488 e. The zero-order chi connectivity index (χ0) is 17.5. The molecule has 0 saturated heterocycles. The van der Waals surface area contributed by atoms with E-state index in [4.69, 9.17) is 4.74 Å². The summed E-state index contributed by atoms with van der Waals surface area (Å²) < 4.78 is 5.87. The normalized spacial score (nSPS) is 12.0. The highest BCUT2D eigenvalue weighted by atomic mass is 16.5. The van der Waals surface area contributed by atoms with Crippen molar-refractivity contribution in [1.29, 1.82) is 0 Å². The standard InChI is InChI=1S/C20H24O.C2H6/c1-15(17-9-7-6-8-10-17)16(2)18-11-13-19(14-12-18)21-20(3,4)5;1-2/h6-14H,1-5H3;1-2H3/b16-15-;. The highest BCUT2D eigenvalue weighted by Crippen LogP contribution is 2.27. The zero-order valence-corrected chi connectivity index (χ0v) is 15.6. The van der Waals surface area contributed by atoms with E-state index in [0.29, 0.717) is 0 Å². The molecule has 0 bridgehead atoms. The summed E-state index contributed by atoms with van der Waals surface area (Å²) >= 11 is 0. The molecule has 1 heteroatoms. The fraction of sp³-hybridized carbons (Fsp3) is 0.364. The molecule has 0 amide bonds. The maximum absolute atomic E-state index is 5.87. The monoisotopic (exact) mass is 310 g/mol. The molecule has 0 aliphatic heterocycles. The smallest absolute Gasteiger partial charge is 0.120 e. The van der Waals surface area contributed by atoms with Crippen LogP contribution in [0.1, 0.15) is 59.6 Å². The Morgan fingerprint density at radius 2 is 1.13 bits per heavy atom. The fourth-order valence-corrected chi connectivity index (χ4v) is 2.25. The summed E-state index contributed by atoms with van der Waals surface area (Å²) in [5, 5.41) is 0. The van der Waals surface area contributed by atoms with Crippen molar-refractivity contribution in [3.63, 3.8) is 0 Å². The van der Waals surface area contributed by atoms with Crippen LogP contribution in [0.5, 0.6) is 5.75 Å². The minimum absolute atomic E-state index is 0.160. The van der Waals surface area contributed by atoms with E-state index in [9.17, 15) is 0 Å². The number of rotatable bonds is 3. The lowest BCUT2D eigenvalue weighted by Gasteiger charge is -2.21. The van der Waals surface area contributed by atoms with Gasteiger partial charge < -0.3 is 4.74 Å². The molecule has 0 atom stereocenters. The molecule has 0 aromatic heterocycles. The summed E-state index contributed by atoms with van der Waals surface area (Å²) in [6.45, 7) is 14.5. The van der Waals surface area contributed by atoms with Crippen LogP contribution < -0.4 is 4.74 Å². The minimum Gasteiger partial charge on any atom is -0.488 e. The van der Waals surface area contributed by atoms with Crippen LogP contribution in [0.25, 0.3) is 11.1 Å². The second-order valence-electron chi connectivity index (χ2n) is 6.35. The van der Waals surface area contributed by atoms with Crippen LogP contribution >= 0.6 is 0 Å². The van der Waals surface area contributed by atoms with Gasteiger partial charge in [0, 0.05) is 0 Å². The van der Waals surface area contributed by atoms with Gasteiger partial charge in [-0.15, -0.1) is 0 Å². The molecule has 0 radical (unpaired) electrons. The van der Waals surface area contributed by atoms with E-state index < -0.39 is 0 Å².